The minimum absolute atomic E-state index is 0.0853. The molecule has 0 spiro atoms. The average molecular weight is 518 g/mol. The topological polar surface area (TPSA) is 26.3 Å². The van der Waals surface area contributed by atoms with Crippen molar-refractivity contribution in [3.05, 3.63) is 91.9 Å². The summed E-state index contributed by atoms with van der Waals surface area (Å²) >= 11 is 8.75. The first-order chi connectivity index (χ1) is 13.5. The summed E-state index contributed by atoms with van der Waals surface area (Å²) in [6.07, 6.45) is -0.357. The van der Waals surface area contributed by atoms with Crippen molar-refractivity contribution in [1.82, 2.24) is 0 Å². The number of ether oxygens (including phenoxy) is 1. The third-order valence-corrected chi connectivity index (χ3v) is 7.90. The number of fused-ring (bicyclic) bond motifs is 1. The summed E-state index contributed by atoms with van der Waals surface area (Å²) in [5.41, 5.74) is 3.83. The number of carbonyl (C=O) groups excluding carboxylic acids is 1. The monoisotopic (exact) mass is 516 g/mol. The molecule has 0 aliphatic carbocycles. The lowest BCUT2D eigenvalue weighted by molar-refractivity contribution is 0.0865. The average Bonchev–Trinajstić information content (AvgIpc) is 2.71. The van der Waals surface area contributed by atoms with Crippen LogP contribution in [-0.2, 0) is 0 Å². The molecule has 0 fully saturated rings. The van der Waals surface area contributed by atoms with Crippen LogP contribution in [0.2, 0.25) is 0 Å². The van der Waals surface area contributed by atoms with Gasteiger partial charge < -0.3 is 4.74 Å². The van der Waals surface area contributed by atoms with Crippen LogP contribution in [0.1, 0.15) is 33.2 Å². The Kier molecular flexibility index (Phi) is 5.68. The zero-order valence-electron chi connectivity index (χ0n) is 15.4. The van der Waals surface area contributed by atoms with Gasteiger partial charge in [0.25, 0.3) is 0 Å². The van der Waals surface area contributed by atoms with Crippen molar-refractivity contribution < 1.29 is 9.53 Å². The van der Waals surface area contributed by atoms with Crippen LogP contribution in [0.5, 0.6) is 5.75 Å². The predicted molar refractivity (Wildman–Crippen MR) is 122 cm³/mol. The van der Waals surface area contributed by atoms with E-state index in [9.17, 15) is 4.79 Å². The molecule has 1 aliphatic heterocycles. The van der Waals surface area contributed by atoms with E-state index in [0.29, 0.717) is 11.3 Å². The Morgan fingerprint density at radius 3 is 2.32 bits per heavy atom. The second-order valence-corrected chi connectivity index (χ2v) is 9.70. The minimum Gasteiger partial charge on any atom is -0.482 e. The Bertz CT molecular complexity index is 1030. The van der Waals surface area contributed by atoms with E-state index in [0.717, 1.165) is 25.0 Å². The van der Waals surface area contributed by atoms with Crippen molar-refractivity contribution in [3.63, 3.8) is 0 Å². The number of thioether (sulfide) groups is 1. The Morgan fingerprint density at radius 1 is 0.964 bits per heavy atom. The van der Waals surface area contributed by atoms with Crippen molar-refractivity contribution in [2.24, 2.45) is 0 Å². The van der Waals surface area contributed by atoms with Gasteiger partial charge in [-0.05, 0) is 59.1 Å². The summed E-state index contributed by atoms with van der Waals surface area (Å²) in [4.78, 5) is 14.6. The summed E-state index contributed by atoms with van der Waals surface area (Å²) in [5.74, 6) is 0.711. The first-order valence-corrected chi connectivity index (χ1v) is 11.4. The third kappa shape index (κ3) is 3.68. The molecule has 5 heteroatoms. The van der Waals surface area contributed by atoms with Gasteiger partial charge in [-0.3, -0.25) is 4.79 Å². The fourth-order valence-electron chi connectivity index (χ4n) is 3.24. The maximum Gasteiger partial charge on any atom is 0.184 e. The normalized spacial score (nSPS) is 18.5. The highest BCUT2D eigenvalue weighted by Crippen LogP contribution is 2.47. The molecule has 0 N–H and O–H groups in total. The second kappa shape index (κ2) is 8.05. The van der Waals surface area contributed by atoms with Crippen LogP contribution in [0.4, 0.5) is 0 Å². The first kappa shape index (κ1) is 19.7. The standard InChI is InChI=1S/C23H18Br2O2S/c1-13-8-10-16(11-9-13)28-23-20(26)17-12-18(24)14(2)19(25)22(17)27-21(23)15-6-4-3-5-7-15/h3-12,21,23H,1-2H3/t21-,23+/m0/s1. The van der Waals surface area contributed by atoms with Crippen LogP contribution in [0.25, 0.3) is 0 Å². The molecule has 2 atom stereocenters. The minimum atomic E-state index is -0.362. The fraction of sp³-hybridized carbons (Fsp3) is 0.174. The Hall–Kier alpha value is -1.56. The lowest BCUT2D eigenvalue weighted by atomic mass is 9.95. The van der Waals surface area contributed by atoms with E-state index >= 15 is 0 Å². The van der Waals surface area contributed by atoms with Crippen LogP contribution in [0, 0.1) is 13.8 Å². The number of carbonyl (C=O) groups is 1. The lowest BCUT2D eigenvalue weighted by Gasteiger charge is -2.33. The number of hydrogen-bond acceptors (Lipinski definition) is 3. The second-order valence-electron chi connectivity index (χ2n) is 6.84. The Morgan fingerprint density at radius 2 is 1.64 bits per heavy atom. The summed E-state index contributed by atoms with van der Waals surface area (Å²) in [6.45, 7) is 4.05. The van der Waals surface area contributed by atoms with Crippen molar-refractivity contribution in [2.45, 2.75) is 30.1 Å². The maximum absolute atomic E-state index is 13.5. The molecule has 4 rings (SSSR count). The smallest absolute Gasteiger partial charge is 0.184 e. The zero-order valence-corrected chi connectivity index (χ0v) is 19.4. The van der Waals surface area contributed by atoms with Crippen molar-refractivity contribution in [1.29, 1.82) is 0 Å². The molecule has 0 radical (unpaired) electrons. The molecule has 0 aromatic heterocycles. The molecule has 28 heavy (non-hydrogen) atoms. The maximum atomic E-state index is 13.5. The molecule has 3 aromatic carbocycles. The van der Waals surface area contributed by atoms with Gasteiger partial charge >= 0.3 is 0 Å². The van der Waals surface area contributed by atoms with Gasteiger partial charge in [0.2, 0.25) is 0 Å². The number of benzene rings is 3. The van der Waals surface area contributed by atoms with E-state index in [-0.39, 0.29) is 17.1 Å². The summed E-state index contributed by atoms with van der Waals surface area (Å²) in [5, 5.41) is -0.362. The quantitative estimate of drug-likeness (QED) is 0.364. The molecule has 0 amide bonds. The van der Waals surface area contributed by atoms with Gasteiger partial charge in [0.1, 0.15) is 17.1 Å². The van der Waals surface area contributed by atoms with Crippen LogP contribution < -0.4 is 4.74 Å². The van der Waals surface area contributed by atoms with Gasteiger partial charge in [-0.25, -0.2) is 0 Å². The highest BCUT2D eigenvalue weighted by Gasteiger charge is 2.40. The number of halogens is 2. The van der Waals surface area contributed by atoms with Gasteiger partial charge in [0, 0.05) is 9.37 Å². The number of Topliss-reactive ketones (excluding diaryl/α,β-unsaturated/α-hetero) is 1. The number of aryl methyl sites for hydroxylation is 1. The molecular formula is C23H18Br2O2S. The van der Waals surface area contributed by atoms with E-state index in [1.807, 2.05) is 43.3 Å². The number of hydrogen-bond donors (Lipinski definition) is 0. The molecule has 3 aromatic rings. The fourth-order valence-corrected chi connectivity index (χ4v) is 5.61. The van der Waals surface area contributed by atoms with Crippen molar-refractivity contribution in [2.75, 3.05) is 0 Å². The molecule has 142 valence electrons. The molecule has 1 aliphatic rings. The molecule has 1 heterocycles. The molecule has 0 saturated carbocycles. The summed E-state index contributed by atoms with van der Waals surface area (Å²) in [6, 6.07) is 20.1. The highest BCUT2D eigenvalue weighted by atomic mass is 79.9. The van der Waals surface area contributed by atoms with Gasteiger partial charge in [0.05, 0.1) is 10.0 Å². The molecule has 0 unspecified atom stereocenters. The van der Waals surface area contributed by atoms with Crippen LogP contribution in [-0.4, -0.2) is 11.0 Å². The SMILES string of the molecule is Cc1ccc(S[C@@H]2C(=O)c3cc(Br)c(C)c(Br)c3O[C@H]2c2ccccc2)cc1. The van der Waals surface area contributed by atoms with Crippen LogP contribution >= 0.6 is 43.6 Å². The van der Waals surface area contributed by atoms with E-state index in [1.165, 1.54) is 5.56 Å². The molecular weight excluding hydrogens is 500 g/mol. The van der Waals surface area contributed by atoms with Crippen molar-refractivity contribution >= 4 is 49.4 Å². The van der Waals surface area contributed by atoms with E-state index in [1.54, 1.807) is 11.8 Å². The molecule has 0 bridgehead atoms. The molecule has 0 saturated heterocycles. The van der Waals surface area contributed by atoms with Gasteiger partial charge in [0.15, 0.2) is 5.78 Å². The molecule has 2 nitrogen and oxygen atoms in total. The van der Waals surface area contributed by atoms with Gasteiger partial charge in [-0.15, -0.1) is 11.8 Å². The third-order valence-electron chi connectivity index (χ3n) is 4.86. The summed E-state index contributed by atoms with van der Waals surface area (Å²) < 4.78 is 8.17. The van der Waals surface area contributed by atoms with Crippen LogP contribution in [0.3, 0.4) is 0 Å². The zero-order chi connectivity index (χ0) is 19.8. The Labute approximate surface area is 185 Å². The number of ketones is 1. The lowest BCUT2D eigenvalue weighted by Crippen LogP contribution is -2.34. The highest BCUT2D eigenvalue weighted by molar-refractivity contribution is 9.11. The Balaban J connectivity index is 1.81. The largest absolute Gasteiger partial charge is 0.482 e. The van der Waals surface area contributed by atoms with E-state index in [4.69, 9.17) is 4.74 Å². The van der Waals surface area contributed by atoms with E-state index in [2.05, 4.69) is 63.0 Å². The van der Waals surface area contributed by atoms with E-state index < -0.39 is 0 Å². The summed E-state index contributed by atoms with van der Waals surface area (Å²) in [7, 11) is 0. The first-order valence-electron chi connectivity index (χ1n) is 8.93. The van der Waals surface area contributed by atoms with Crippen molar-refractivity contribution in [3.8, 4) is 5.75 Å². The predicted octanol–water partition coefficient (Wildman–Crippen LogP) is 7.31. The number of rotatable bonds is 3. The van der Waals surface area contributed by atoms with Gasteiger partial charge in [-0.1, -0.05) is 64.0 Å². The van der Waals surface area contributed by atoms with Gasteiger partial charge in [-0.2, -0.15) is 0 Å². The van der Waals surface area contributed by atoms with Crippen LogP contribution in [0.15, 0.2) is 74.5 Å².